The maximum atomic E-state index is 12.8. The van der Waals surface area contributed by atoms with Gasteiger partial charge < -0.3 is 9.57 Å². The van der Waals surface area contributed by atoms with E-state index in [1.54, 1.807) is 41.5 Å². The molecule has 1 heterocycles. The van der Waals surface area contributed by atoms with Gasteiger partial charge in [-0.2, -0.15) is 0 Å². The Kier molecular flexibility index (Phi) is 6.16. The molecule has 1 fully saturated rings. The van der Waals surface area contributed by atoms with Gasteiger partial charge in [-0.15, -0.1) is 5.06 Å². The van der Waals surface area contributed by atoms with E-state index in [0.717, 1.165) is 0 Å². The lowest BCUT2D eigenvalue weighted by molar-refractivity contribution is -0.205. The molecule has 1 aliphatic heterocycles. The standard InChI is InChI=1S/C18H29NO6/c1-8-24-18(6,7)14(22)16(2,3)11-17(4,5)15(23)25-19-12(20)9-10-13(19)21/h8-11H2,1-7H3. The molecule has 0 N–H and O–H groups in total. The predicted molar refractivity (Wildman–Crippen MR) is 90.1 cm³/mol. The van der Waals surface area contributed by atoms with Crippen molar-refractivity contribution in [1.29, 1.82) is 0 Å². The number of hydroxylamine groups is 2. The maximum absolute atomic E-state index is 12.8. The zero-order valence-electron chi connectivity index (χ0n) is 16.2. The zero-order chi connectivity index (χ0) is 19.6. The number of ketones is 1. The summed E-state index contributed by atoms with van der Waals surface area (Å²) in [5, 5.41) is 0.531. The van der Waals surface area contributed by atoms with Crippen molar-refractivity contribution >= 4 is 23.6 Å². The van der Waals surface area contributed by atoms with E-state index in [0.29, 0.717) is 11.7 Å². The molecule has 0 saturated carbocycles. The van der Waals surface area contributed by atoms with E-state index in [1.807, 2.05) is 6.92 Å². The molecule has 0 aliphatic carbocycles. The Hall–Kier alpha value is -1.76. The van der Waals surface area contributed by atoms with Crippen LogP contribution in [-0.2, 0) is 28.8 Å². The molecule has 1 aliphatic rings. The van der Waals surface area contributed by atoms with Crippen LogP contribution in [0, 0.1) is 10.8 Å². The predicted octanol–water partition coefficient (Wildman–Crippen LogP) is 2.42. The highest BCUT2D eigenvalue weighted by Crippen LogP contribution is 2.39. The van der Waals surface area contributed by atoms with Crippen molar-refractivity contribution in [3.05, 3.63) is 0 Å². The first kappa shape index (κ1) is 21.3. The first-order valence-electron chi connectivity index (χ1n) is 8.51. The molecule has 142 valence electrons. The Morgan fingerprint density at radius 2 is 1.44 bits per heavy atom. The van der Waals surface area contributed by atoms with Gasteiger partial charge in [0.25, 0.3) is 11.8 Å². The Morgan fingerprint density at radius 3 is 1.88 bits per heavy atom. The molecule has 1 rings (SSSR count). The van der Waals surface area contributed by atoms with Crippen LogP contribution in [0.15, 0.2) is 0 Å². The Labute approximate surface area is 149 Å². The third-order valence-corrected chi connectivity index (χ3v) is 4.28. The quantitative estimate of drug-likeness (QED) is 0.621. The van der Waals surface area contributed by atoms with E-state index >= 15 is 0 Å². The van der Waals surface area contributed by atoms with Crippen LogP contribution in [0.2, 0.25) is 0 Å². The lowest BCUT2D eigenvalue weighted by atomic mass is 9.69. The number of hydrogen-bond donors (Lipinski definition) is 0. The zero-order valence-corrected chi connectivity index (χ0v) is 16.2. The minimum absolute atomic E-state index is 0.0407. The summed E-state index contributed by atoms with van der Waals surface area (Å²) in [5.74, 6) is -1.90. The molecule has 0 radical (unpaired) electrons. The molecule has 7 nitrogen and oxygen atoms in total. The second-order valence-electron chi connectivity index (χ2n) is 8.18. The van der Waals surface area contributed by atoms with E-state index in [9.17, 15) is 19.2 Å². The normalized spacial score (nSPS) is 16.4. The molecule has 7 heteroatoms. The molecular formula is C18H29NO6. The Balaban J connectivity index is 2.87. The van der Waals surface area contributed by atoms with Crippen LogP contribution in [0.3, 0.4) is 0 Å². The van der Waals surface area contributed by atoms with Crippen LogP contribution < -0.4 is 0 Å². The number of hydrogen-bond acceptors (Lipinski definition) is 6. The molecule has 0 aromatic rings. The van der Waals surface area contributed by atoms with E-state index in [-0.39, 0.29) is 25.0 Å². The summed E-state index contributed by atoms with van der Waals surface area (Å²) in [4.78, 5) is 53.5. The van der Waals surface area contributed by atoms with Crippen molar-refractivity contribution in [3.63, 3.8) is 0 Å². The number of rotatable bonds is 8. The topological polar surface area (TPSA) is 90.0 Å². The summed E-state index contributed by atoms with van der Waals surface area (Å²) in [6.45, 7) is 12.4. The Bertz CT molecular complexity index is 560. The fourth-order valence-corrected chi connectivity index (χ4v) is 3.36. The van der Waals surface area contributed by atoms with Gasteiger partial charge in [0, 0.05) is 24.9 Å². The molecule has 25 heavy (non-hydrogen) atoms. The average Bonchev–Trinajstić information content (AvgIpc) is 2.77. The average molecular weight is 355 g/mol. The van der Waals surface area contributed by atoms with E-state index in [2.05, 4.69) is 0 Å². The third-order valence-electron chi connectivity index (χ3n) is 4.28. The number of amides is 2. The van der Waals surface area contributed by atoms with Crippen molar-refractivity contribution in [3.8, 4) is 0 Å². The fourth-order valence-electron chi connectivity index (χ4n) is 3.36. The summed E-state index contributed by atoms with van der Waals surface area (Å²) >= 11 is 0. The first-order valence-corrected chi connectivity index (χ1v) is 8.51. The van der Waals surface area contributed by atoms with Crippen molar-refractivity contribution in [1.82, 2.24) is 5.06 Å². The summed E-state index contributed by atoms with van der Waals surface area (Å²) in [6, 6.07) is 0. The van der Waals surface area contributed by atoms with Gasteiger partial charge >= 0.3 is 5.97 Å². The van der Waals surface area contributed by atoms with Crippen LogP contribution in [0.5, 0.6) is 0 Å². The fraction of sp³-hybridized carbons (Fsp3) is 0.778. The summed E-state index contributed by atoms with van der Waals surface area (Å²) in [7, 11) is 0. The largest absolute Gasteiger partial charge is 0.368 e. The highest BCUT2D eigenvalue weighted by Gasteiger charge is 2.46. The van der Waals surface area contributed by atoms with Gasteiger partial charge in [0.2, 0.25) is 0 Å². The number of ether oxygens (including phenoxy) is 1. The number of carbonyl (C=O) groups excluding carboxylic acids is 4. The van der Waals surface area contributed by atoms with Crippen LogP contribution >= 0.6 is 0 Å². The second kappa shape index (κ2) is 7.23. The van der Waals surface area contributed by atoms with Crippen molar-refractivity contribution in [2.75, 3.05) is 6.61 Å². The van der Waals surface area contributed by atoms with Crippen molar-refractivity contribution in [2.24, 2.45) is 10.8 Å². The SMILES string of the molecule is CCOC(C)(C)C(=O)C(C)(C)CC(C)(C)C(=O)ON1C(=O)CCC1=O. The molecule has 0 bridgehead atoms. The number of nitrogens with zero attached hydrogens (tertiary/aromatic N) is 1. The lowest BCUT2D eigenvalue weighted by Crippen LogP contribution is -2.47. The van der Waals surface area contributed by atoms with Gasteiger partial charge in [-0.25, -0.2) is 4.79 Å². The second-order valence-corrected chi connectivity index (χ2v) is 8.18. The highest BCUT2D eigenvalue weighted by atomic mass is 16.7. The van der Waals surface area contributed by atoms with Crippen LogP contribution in [0.4, 0.5) is 0 Å². The van der Waals surface area contributed by atoms with E-state index in [1.165, 1.54) is 0 Å². The van der Waals surface area contributed by atoms with Crippen LogP contribution in [0.25, 0.3) is 0 Å². The van der Waals surface area contributed by atoms with E-state index in [4.69, 9.17) is 9.57 Å². The molecular weight excluding hydrogens is 326 g/mol. The van der Waals surface area contributed by atoms with Gasteiger partial charge in [0.05, 0.1) is 5.41 Å². The van der Waals surface area contributed by atoms with E-state index < -0.39 is 34.2 Å². The summed E-state index contributed by atoms with van der Waals surface area (Å²) in [5.41, 5.74) is -2.90. The van der Waals surface area contributed by atoms with Gasteiger partial charge in [0.15, 0.2) is 5.78 Å². The smallest absolute Gasteiger partial charge is 0.338 e. The molecule has 0 spiro atoms. The minimum Gasteiger partial charge on any atom is -0.368 e. The molecule has 0 unspecified atom stereocenters. The molecule has 1 saturated heterocycles. The van der Waals surface area contributed by atoms with Crippen LogP contribution in [0.1, 0.15) is 67.7 Å². The Morgan fingerprint density at radius 1 is 0.960 bits per heavy atom. The van der Waals surface area contributed by atoms with Gasteiger partial charge in [0.1, 0.15) is 5.60 Å². The van der Waals surface area contributed by atoms with Crippen LogP contribution in [-0.4, -0.2) is 40.8 Å². The molecule has 2 amide bonds. The minimum atomic E-state index is -1.06. The van der Waals surface area contributed by atoms with Crippen molar-refractivity contribution < 1.29 is 28.8 Å². The molecule has 0 aromatic carbocycles. The maximum Gasteiger partial charge on any atom is 0.338 e. The summed E-state index contributed by atoms with van der Waals surface area (Å²) < 4.78 is 5.52. The van der Waals surface area contributed by atoms with Crippen molar-refractivity contribution in [2.45, 2.75) is 73.3 Å². The molecule has 0 atom stereocenters. The molecule has 0 aromatic heterocycles. The number of Topliss-reactive ketones (excluding diaryl/α,β-unsaturated/α-hetero) is 1. The van der Waals surface area contributed by atoms with Gasteiger partial charge in [-0.1, -0.05) is 13.8 Å². The third kappa shape index (κ3) is 4.87. The highest BCUT2D eigenvalue weighted by molar-refractivity contribution is 6.01. The number of imide groups is 1. The monoisotopic (exact) mass is 355 g/mol. The summed E-state index contributed by atoms with van der Waals surface area (Å²) in [6.07, 6.45) is 0.266. The van der Waals surface area contributed by atoms with Gasteiger partial charge in [-0.05, 0) is 41.0 Å². The first-order chi connectivity index (χ1) is 11.2. The lowest BCUT2D eigenvalue weighted by Gasteiger charge is -2.37. The van der Waals surface area contributed by atoms with Gasteiger partial charge in [-0.3, -0.25) is 14.4 Å². The number of carbonyl (C=O) groups is 4.